The van der Waals surface area contributed by atoms with Crippen molar-refractivity contribution in [2.75, 3.05) is 7.11 Å². The Balaban J connectivity index is 2.20. The number of hydrogen-bond acceptors (Lipinski definition) is 5. The van der Waals surface area contributed by atoms with E-state index in [1.807, 2.05) is 0 Å². The molecule has 1 aliphatic rings. The maximum absolute atomic E-state index is 11.4. The van der Waals surface area contributed by atoms with Crippen LogP contribution in [0.2, 0.25) is 0 Å². The number of nitrogens with zero attached hydrogens (tertiary/aromatic N) is 4. The minimum atomic E-state index is -0.546. The van der Waals surface area contributed by atoms with Gasteiger partial charge in [0.05, 0.1) is 25.1 Å². The molecule has 102 valence electrons. The van der Waals surface area contributed by atoms with Crippen LogP contribution in [0.1, 0.15) is 49.3 Å². The molecule has 0 amide bonds. The summed E-state index contributed by atoms with van der Waals surface area (Å²) in [6, 6.07) is 2.35. The van der Waals surface area contributed by atoms with Crippen LogP contribution in [0.25, 0.3) is 0 Å². The summed E-state index contributed by atoms with van der Waals surface area (Å²) < 4.78 is 6.24. The van der Waals surface area contributed by atoms with Crippen molar-refractivity contribution in [1.82, 2.24) is 14.8 Å². The summed E-state index contributed by atoms with van der Waals surface area (Å²) in [7, 11) is 1.30. The molecule has 1 aromatic rings. The van der Waals surface area contributed by atoms with E-state index in [0.29, 0.717) is 5.92 Å². The molecule has 19 heavy (non-hydrogen) atoms. The van der Waals surface area contributed by atoms with Crippen molar-refractivity contribution < 1.29 is 9.53 Å². The predicted molar refractivity (Wildman–Crippen MR) is 67.1 cm³/mol. The first kappa shape index (κ1) is 13.5. The van der Waals surface area contributed by atoms with Crippen LogP contribution >= 0.6 is 0 Å². The minimum absolute atomic E-state index is 0.00889. The van der Waals surface area contributed by atoms with Gasteiger partial charge in [-0.2, -0.15) is 5.26 Å². The standard InChI is InChI=1S/C13H18N4O2/c1-3-9-4-5-10(7-14)11(6-9)17-8-15-12(16-17)13(18)19-2/h8-11H,3-6H2,1-2H3. The van der Waals surface area contributed by atoms with Gasteiger partial charge in [0.15, 0.2) is 0 Å². The van der Waals surface area contributed by atoms with E-state index in [2.05, 4.69) is 27.8 Å². The summed E-state index contributed by atoms with van der Waals surface area (Å²) in [5.74, 6) is 0.0586. The number of ether oxygens (including phenoxy) is 1. The van der Waals surface area contributed by atoms with Crippen molar-refractivity contribution in [3.8, 4) is 6.07 Å². The number of carbonyl (C=O) groups is 1. The number of methoxy groups -OCH3 is 1. The number of hydrogen-bond donors (Lipinski definition) is 0. The van der Waals surface area contributed by atoms with E-state index in [-0.39, 0.29) is 17.8 Å². The number of aromatic nitrogens is 3. The van der Waals surface area contributed by atoms with Gasteiger partial charge in [0.2, 0.25) is 0 Å². The molecule has 0 aromatic carbocycles. The van der Waals surface area contributed by atoms with Crippen molar-refractivity contribution in [1.29, 1.82) is 5.26 Å². The fourth-order valence-corrected chi connectivity index (χ4v) is 2.66. The van der Waals surface area contributed by atoms with E-state index in [1.165, 1.54) is 13.4 Å². The predicted octanol–water partition coefficient (Wildman–Crippen LogP) is 1.96. The molecule has 3 atom stereocenters. The first-order chi connectivity index (χ1) is 9.19. The fourth-order valence-electron chi connectivity index (χ4n) is 2.66. The molecular formula is C13H18N4O2. The minimum Gasteiger partial charge on any atom is -0.463 e. The van der Waals surface area contributed by atoms with E-state index in [4.69, 9.17) is 0 Å². The molecule has 6 nitrogen and oxygen atoms in total. The highest BCUT2D eigenvalue weighted by molar-refractivity contribution is 5.84. The molecule has 1 heterocycles. The van der Waals surface area contributed by atoms with Gasteiger partial charge < -0.3 is 4.74 Å². The van der Waals surface area contributed by atoms with Gasteiger partial charge in [-0.3, -0.25) is 0 Å². The molecule has 0 bridgehead atoms. The van der Waals surface area contributed by atoms with E-state index in [1.54, 1.807) is 4.68 Å². The smallest absolute Gasteiger partial charge is 0.377 e. The molecule has 0 spiro atoms. The molecule has 6 heteroatoms. The molecule has 1 saturated carbocycles. The molecule has 0 N–H and O–H groups in total. The lowest BCUT2D eigenvalue weighted by Crippen LogP contribution is -2.27. The van der Waals surface area contributed by atoms with Gasteiger partial charge in [0.25, 0.3) is 5.82 Å². The molecule has 3 unspecified atom stereocenters. The van der Waals surface area contributed by atoms with Crippen LogP contribution in [0.15, 0.2) is 6.33 Å². The maximum Gasteiger partial charge on any atom is 0.377 e. The number of rotatable bonds is 3. The molecule has 0 aliphatic heterocycles. The molecule has 0 saturated heterocycles. The zero-order valence-electron chi connectivity index (χ0n) is 11.2. The fraction of sp³-hybridized carbons (Fsp3) is 0.692. The quantitative estimate of drug-likeness (QED) is 0.778. The zero-order chi connectivity index (χ0) is 13.8. The van der Waals surface area contributed by atoms with Crippen LogP contribution in [-0.4, -0.2) is 27.8 Å². The average molecular weight is 262 g/mol. The number of nitriles is 1. The molecule has 1 fully saturated rings. The summed E-state index contributed by atoms with van der Waals surface area (Å²) in [6.45, 7) is 2.16. The first-order valence-corrected chi connectivity index (χ1v) is 6.58. The van der Waals surface area contributed by atoms with Crippen LogP contribution in [0.3, 0.4) is 0 Å². The van der Waals surface area contributed by atoms with Gasteiger partial charge in [-0.15, -0.1) is 5.10 Å². The highest BCUT2D eigenvalue weighted by Crippen LogP contribution is 2.37. The third-order valence-corrected chi connectivity index (χ3v) is 3.88. The van der Waals surface area contributed by atoms with Crippen LogP contribution < -0.4 is 0 Å². The summed E-state index contributed by atoms with van der Waals surface area (Å²) in [5, 5.41) is 13.4. The topological polar surface area (TPSA) is 80.8 Å². The lowest BCUT2D eigenvalue weighted by Gasteiger charge is -2.31. The second kappa shape index (κ2) is 5.83. The Kier molecular flexibility index (Phi) is 4.15. The Morgan fingerprint density at radius 2 is 2.42 bits per heavy atom. The second-order valence-corrected chi connectivity index (χ2v) is 4.93. The molecule has 1 aromatic heterocycles. The van der Waals surface area contributed by atoms with Crippen molar-refractivity contribution in [3.05, 3.63) is 12.2 Å². The summed E-state index contributed by atoms with van der Waals surface area (Å²) in [5.41, 5.74) is 0. The van der Waals surface area contributed by atoms with Gasteiger partial charge >= 0.3 is 5.97 Å². The molecule has 0 radical (unpaired) electrons. The van der Waals surface area contributed by atoms with E-state index in [9.17, 15) is 10.1 Å². The highest BCUT2D eigenvalue weighted by atomic mass is 16.5. The lowest BCUT2D eigenvalue weighted by atomic mass is 9.78. The van der Waals surface area contributed by atoms with E-state index in [0.717, 1.165) is 25.7 Å². The summed E-state index contributed by atoms with van der Waals surface area (Å²) in [4.78, 5) is 15.3. The van der Waals surface area contributed by atoms with Crippen molar-refractivity contribution in [3.63, 3.8) is 0 Å². The summed E-state index contributed by atoms with van der Waals surface area (Å²) in [6.07, 6.45) is 5.52. The third-order valence-electron chi connectivity index (χ3n) is 3.88. The van der Waals surface area contributed by atoms with Gasteiger partial charge in [0.1, 0.15) is 6.33 Å². The molecule has 2 rings (SSSR count). The molecular weight excluding hydrogens is 244 g/mol. The number of carbonyl (C=O) groups excluding carboxylic acids is 1. The van der Waals surface area contributed by atoms with Gasteiger partial charge in [0, 0.05) is 0 Å². The Bertz CT molecular complexity index is 491. The van der Waals surface area contributed by atoms with Crippen LogP contribution in [0, 0.1) is 23.2 Å². The first-order valence-electron chi connectivity index (χ1n) is 6.58. The van der Waals surface area contributed by atoms with Gasteiger partial charge in [-0.05, 0) is 25.2 Å². The Hall–Kier alpha value is -1.90. The van der Waals surface area contributed by atoms with Gasteiger partial charge in [-0.25, -0.2) is 14.5 Å². The Morgan fingerprint density at radius 3 is 3.05 bits per heavy atom. The van der Waals surface area contributed by atoms with Crippen molar-refractivity contribution in [2.24, 2.45) is 11.8 Å². The average Bonchev–Trinajstić information content (AvgIpc) is 2.95. The normalized spacial score (nSPS) is 26.7. The Morgan fingerprint density at radius 1 is 1.63 bits per heavy atom. The zero-order valence-corrected chi connectivity index (χ0v) is 11.2. The van der Waals surface area contributed by atoms with E-state index < -0.39 is 5.97 Å². The molecule has 1 aliphatic carbocycles. The second-order valence-electron chi connectivity index (χ2n) is 4.93. The maximum atomic E-state index is 11.4. The largest absolute Gasteiger partial charge is 0.463 e. The summed E-state index contributed by atoms with van der Waals surface area (Å²) >= 11 is 0. The Labute approximate surface area is 112 Å². The monoisotopic (exact) mass is 262 g/mol. The van der Waals surface area contributed by atoms with Crippen LogP contribution in [-0.2, 0) is 4.74 Å². The SMILES string of the molecule is CCC1CCC(C#N)C(n2cnc(C(=O)OC)n2)C1. The highest BCUT2D eigenvalue weighted by Gasteiger charge is 2.32. The van der Waals surface area contributed by atoms with E-state index >= 15 is 0 Å². The van der Waals surface area contributed by atoms with Gasteiger partial charge in [-0.1, -0.05) is 13.3 Å². The third kappa shape index (κ3) is 2.75. The number of esters is 1. The van der Waals surface area contributed by atoms with Crippen LogP contribution in [0.4, 0.5) is 0 Å². The van der Waals surface area contributed by atoms with Crippen molar-refractivity contribution >= 4 is 5.97 Å². The van der Waals surface area contributed by atoms with Crippen LogP contribution in [0.5, 0.6) is 0 Å². The van der Waals surface area contributed by atoms with Crippen molar-refractivity contribution in [2.45, 2.75) is 38.6 Å². The lowest BCUT2D eigenvalue weighted by molar-refractivity contribution is 0.0585.